The average molecular weight is 219 g/mol. The molecule has 1 saturated heterocycles. The monoisotopic (exact) mass is 219 g/mol. The molecule has 1 aliphatic heterocycles. The molecule has 1 aliphatic rings. The second-order valence-corrected chi connectivity index (χ2v) is 3.91. The van der Waals surface area contributed by atoms with Gasteiger partial charge in [0.1, 0.15) is 6.10 Å². The molecule has 1 atom stereocenters. The minimum atomic E-state index is -0.0459. The van der Waals surface area contributed by atoms with E-state index in [0.717, 1.165) is 36.4 Å². The van der Waals surface area contributed by atoms with Crippen molar-refractivity contribution in [2.24, 2.45) is 0 Å². The van der Waals surface area contributed by atoms with Crippen LogP contribution in [-0.4, -0.2) is 26.3 Å². The molecule has 1 unspecified atom stereocenters. The minimum Gasteiger partial charge on any atom is -0.391 e. The van der Waals surface area contributed by atoms with Gasteiger partial charge in [0.15, 0.2) is 5.65 Å². The summed E-state index contributed by atoms with van der Waals surface area (Å²) in [5.74, 6) is 0. The lowest BCUT2D eigenvalue weighted by Gasteiger charge is -2.06. The highest BCUT2D eigenvalue weighted by Crippen LogP contribution is 2.31. The maximum atomic E-state index is 9.42. The first-order valence-corrected chi connectivity index (χ1v) is 5.44. The van der Waals surface area contributed by atoms with E-state index in [2.05, 4.69) is 10.1 Å². The second kappa shape index (κ2) is 3.84. The molecule has 1 fully saturated rings. The molecule has 3 rings (SSSR count). The number of ether oxygens (including phenoxy) is 1. The number of nitrogens with zero attached hydrogens (tertiary/aromatic N) is 3. The van der Waals surface area contributed by atoms with Gasteiger partial charge in [-0.05, 0) is 18.9 Å². The molecule has 2 aromatic rings. The Bertz CT molecular complexity index is 503. The van der Waals surface area contributed by atoms with Gasteiger partial charge in [-0.1, -0.05) is 0 Å². The number of aromatic nitrogens is 3. The van der Waals surface area contributed by atoms with Crippen molar-refractivity contribution >= 4 is 5.65 Å². The lowest BCUT2D eigenvalue weighted by atomic mass is 10.1. The fourth-order valence-corrected chi connectivity index (χ4v) is 2.16. The van der Waals surface area contributed by atoms with Crippen LogP contribution in [0.1, 0.15) is 30.2 Å². The number of hydrogen-bond acceptors (Lipinski definition) is 4. The molecule has 0 radical (unpaired) electrons. The molecule has 1 N–H and O–H groups in total. The zero-order valence-electron chi connectivity index (χ0n) is 8.83. The fourth-order valence-electron chi connectivity index (χ4n) is 2.16. The zero-order chi connectivity index (χ0) is 11.0. The Balaban J connectivity index is 2.15. The van der Waals surface area contributed by atoms with Gasteiger partial charge in [0.2, 0.25) is 0 Å². The number of hydrogen-bond donors (Lipinski definition) is 1. The summed E-state index contributed by atoms with van der Waals surface area (Å²) in [7, 11) is 0. The van der Waals surface area contributed by atoms with Crippen molar-refractivity contribution in [3.8, 4) is 0 Å². The first kappa shape index (κ1) is 9.74. The predicted molar refractivity (Wildman–Crippen MR) is 56.8 cm³/mol. The van der Waals surface area contributed by atoms with Gasteiger partial charge >= 0.3 is 0 Å². The third kappa shape index (κ3) is 1.40. The Hall–Kier alpha value is -1.46. The Kier molecular flexibility index (Phi) is 2.34. The summed E-state index contributed by atoms with van der Waals surface area (Å²) in [5, 5.41) is 13.9. The number of fused-ring (bicyclic) bond motifs is 1. The zero-order valence-corrected chi connectivity index (χ0v) is 8.83. The highest BCUT2D eigenvalue weighted by molar-refractivity contribution is 5.50. The predicted octanol–water partition coefficient (Wildman–Crippen LogP) is 1.07. The third-order valence-corrected chi connectivity index (χ3v) is 2.91. The van der Waals surface area contributed by atoms with E-state index in [1.54, 1.807) is 10.7 Å². The molecule has 0 spiro atoms. The maximum absolute atomic E-state index is 9.42. The van der Waals surface area contributed by atoms with Gasteiger partial charge in [0.05, 0.1) is 12.3 Å². The van der Waals surface area contributed by atoms with E-state index in [1.165, 1.54) is 0 Å². The molecule has 0 aromatic carbocycles. The van der Waals surface area contributed by atoms with Gasteiger partial charge in [0.25, 0.3) is 0 Å². The topological polar surface area (TPSA) is 59.7 Å². The number of aliphatic hydroxyl groups excluding tert-OH is 1. The van der Waals surface area contributed by atoms with Crippen LogP contribution >= 0.6 is 0 Å². The molecule has 2 aromatic heterocycles. The van der Waals surface area contributed by atoms with Gasteiger partial charge in [-0.2, -0.15) is 5.10 Å². The van der Waals surface area contributed by atoms with E-state index >= 15 is 0 Å². The van der Waals surface area contributed by atoms with Gasteiger partial charge in [-0.25, -0.2) is 9.50 Å². The van der Waals surface area contributed by atoms with Crippen LogP contribution < -0.4 is 0 Å². The van der Waals surface area contributed by atoms with Crippen LogP contribution in [0, 0.1) is 0 Å². The van der Waals surface area contributed by atoms with E-state index in [4.69, 9.17) is 4.74 Å². The van der Waals surface area contributed by atoms with Gasteiger partial charge < -0.3 is 9.84 Å². The lowest BCUT2D eigenvalue weighted by Crippen LogP contribution is -2.00. The smallest absolute Gasteiger partial charge is 0.160 e. The maximum Gasteiger partial charge on any atom is 0.160 e. The van der Waals surface area contributed by atoms with Gasteiger partial charge in [-0.15, -0.1) is 0 Å². The van der Waals surface area contributed by atoms with Gasteiger partial charge in [0, 0.05) is 24.6 Å². The van der Waals surface area contributed by atoms with E-state index < -0.39 is 0 Å². The van der Waals surface area contributed by atoms with Crippen molar-refractivity contribution < 1.29 is 9.84 Å². The summed E-state index contributed by atoms with van der Waals surface area (Å²) in [5.41, 5.74) is 2.33. The second-order valence-electron chi connectivity index (χ2n) is 3.91. The summed E-state index contributed by atoms with van der Waals surface area (Å²) in [4.78, 5) is 4.23. The Labute approximate surface area is 92.7 Å². The molecule has 0 amide bonds. The van der Waals surface area contributed by atoms with Crippen LogP contribution in [0.2, 0.25) is 0 Å². The Morgan fingerprint density at radius 3 is 3.25 bits per heavy atom. The first-order valence-electron chi connectivity index (χ1n) is 5.44. The van der Waals surface area contributed by atoms with Crippen molar-refractivity contribution in [2.45, 2.75) is 25.6 Å². The SMILES string of the molecule is OCc1c(C2CCCO2)nn2cccnc12. The summed E-state index contributed by atoms with van der Waals surface area (Å²) in [6.45, 7) is 0.729. The standard InChI is InChI=1S/C11H13N3O2/c15-7-8-10(9-3-1-6-16-9)13-14-5-2-4-12-11(8)14/h2,4-5,9,15H,1,3,6-7H2. The van der Waals surface area contributed by atoms with Crippen LogP contribution in [0.4, 0.5) is 0 Å². The van der Waals surface area contributed by atoms with Crippen LogP contribution in [0.5, 0.6) is 0 Å². The first-order chi connectivity index (χ1) is 7.90. The molecule has 84 valence electrons. The number of rotatable bonds is 2. The summed E-state index contributed by atoms with van der Waals surface area (Å²) in [6, 6.07) is 1.82. The van der Waals surface area contributed by atoms with Crippen molar-refractivity contribution in [3.05, 3.63) is 29.7 Å². The molecule has 3 heterocycles. The fraction of sp³-hybridized carbons (Fsp3) is 0.455. The largest absolute Gasteiger partial charge is 0.391 e. The van der Waals surface area contributed by atoms with Crippen LogP contribution in [0.25, 0.3) is 5.65 Å². The van der Waals surface area contributed by atoms with E-state index in [9.17, 15) is 5.11 Å². The summed E-state index contributed by atoms with van der Waals surface area (Å²) < 4.78 is 7.29. The van der Waals surface area contributed by atoms with Crippen LogP contribution in [-0.2, 0) is 11.3 Å². The van der Waals surface area contributed by atoms with E-state index in [-0.39, 0.29) is 12.7 Å². The molecular weight excluding hydrogens is 206 g/mol. The van der Waals surface area contributed by atoms with Crippen LogP contribution in [0.3, 0.4) is 0 Å². The minimum absolute atomic E-state index is 0.0175. The normalized spacial score (nSPS) is 20.7. The molecule has 16 heavy (non-hydrogen) atoms. The average Bonchev–Trinajstić information content (AvgIpc) is 2.95. The Morgan fingerprint density at radius 2 is 2.50 bits per heavy atom. The number of aliphatic hydroxyl groups is 1. The molecule has 5 heteroatoms. The van der Waals surface area contributed by atoms with Crippen molar-refractivity contribution in [3.63, 3.8) is 0 Å². The molecular formula is C11H13N3O2. The van der Waals surface area contributed by atoms with E-state index in [1.807, 2.05) is 12.3 Å². The highest BCUT2D eigenvalue weighted by atomic mass is 16.5. The van der Waals surface area contributed by atoms with Crippen molar-refractivity contribution in [1.82, 2.24) is 14.6 Å². The third-order valence-electron chi connectivity index (χ3n) is 2.91. The van der Waals surface area contributed by atoms with Gasteiger partial charge in [-0.3, -0.25) is 0 Å². The lowest BCUT2D eigenvalue weighted by molar-refractivity contribution is 0.106. The van der Waals surface area contributed by atoms with Crippen LogP contribution in [0.15, 0.2) is 18.5 Å². The summed E-state index contributed by atoms with van der Waals surface area (Å²) in [6.07, 6.45) is 5.58. The Morgan fingerprint density at radius 1 is 1.56 bits per heavy atom. The highest BCUT2D eigenvalue weighted by Gasteiger charge is 2.25. The molecule has 0 aliphatic carbocycles. The molecule has 0 bridgehead atoms. The summed E-state index contributed by atoms with van der Waals surface area (Å²) >= 11 is 0. The van der Waals surface area contributed by atoms with Crippen molar-refractivity contribution in [1.29, 1.82) is 0 Å². The van der Waals surface area contributed by atoms with Crippen molar-refractivity contribution in [2.75, 3.05) is 6.61 Å². The van der Waals surface area contributed by atoms with E-state index in [0.29, 0.717) is 0 Å². The molecule has 0 saturated carbocycles. The quantitative estimate of drug-likeness (QED) is 0.820. The molecule has 5 nitrogen and oxygen atoms in total.